The lowest BCUT2D eigenvalue weighted by atomic mass is 10.0. The molecule has 1 N–H and O–H groups in total. The number of ether oxygens (including phenoxy) is 1. The fraction of sp³-hybridized carbons (Fsp3) is 0.550. The van der Waals surface area contributed by atoms with E-state index in [2.05, 4.69) is 0 Å². The van der Waals surface area contributed by atoms with E-state index in [1.54, 1.807) is 17.0 Å². The maximum absolute atomic E-state index is 14.9. The van der Waals surface area contributed by atoms with E-state index < -0.39 is 30.5 Å². The van der Waals surface area contributed by atoms with Crippen molar-refractivity contribution in [2.24, 2.45) is 11.8 Å². The van der Waals surface area contributed by atoms with Gasteiger partial charge in [0, 0.05) is 51.5 Å². The van der Waals surface area contributed by atoms with Crippen molar-refractivity contribution in [3.63, 3.8) is 0 Å². The third-order valence-corrected chi connectivity index (χ3v) is 6.15. The van der Waals surface area contributed by atoms with E-state index >= 15 is 0 Å². The maximum atomic E-state index is 14.9. The first-order chi connectivity index (χ1) is 14.8. The second-order valence-corrected chi connectivity index (χ2v) is 8.21. The summed E-state index contributed by atoms with van der Waals surface area (Å²) in [7, 11) is 0. The summed E-state index contributed by atoms with van der Waals surface area (Å²) in [4.78, 5) is 39.7. The molecule has 168 valence electrons. The molecule has 3 saturated heterocycles. The molecule has 1 aromatic rings. The minimum atomic E-state index is -0.779. The van der Waals surface area contributed by atoms with Crippen molar-refractivity contribution in [1.29, 1.82) is 0 Å². The van der Waals surface area contributed by atoms with Gasteiger partial charge in [-0.05, 0) is 18.2 Å². The van der Waals surface area contributed by atoms with Gasteiger partial charge in [0.25, 0.3) is 0 Å². The smallest absolute Gasteiger partial charge is 0.414 e. The van der Waals surface area contributed by atoms with Gasteiger partial charge in [0.2, 0.25) is 11.8 Å². The van der Waals surface area contributed by atoms with Crippen molar-refractivity contribution in [2.75, 3.05) is 55.7 Å². The maximum Gasteiger partial charge on any atom is 0.414 e. The van der Waals surface area contributed by atoms with Crippen LogP contribution in [0.3, 0.4) is 0 Å². The first-order valence-corrected chi connectivity index (χ1v) is 10.1. The number of aliphatic hydroxyl groups is 1. The number of halogens is 1. The number of hydroxylamine groups is 2. The Morgan fingerprint density at radius 3 is 2.48 bits per heavy atom. The monoisotopic (exact) mass is 435 g/mol. The first kappa shape index (κ1) is 21.3. The van der Waals surface area contributed by atoms with Crippen molar-refractivity contribution < 1.29 is 28.6 Å². The zero-order valence-corrected chi connectivity index (χ0v) is 17.1. The highest BCUT2D eigenvalue weighted by molar-refractivity contribution is 5.90. The van der Waals surface area contributed by atoms with Gasteiger partial charge in [-0.25, -0.2) is 9.18 Å². The topological polar surface area (TPSA) is 117 Å². The van der Waals surface area contributed by atoms with Crippen molar-refractivity contribution in [3.8, 4) is 0 Å². The summed E-state index contributed by atoms with van der Waals surface area (Å²) >= 11 is 0. The van der Waals surface area contributed by atoms with Crippen LogP contribution in [-0.4, -0.2) is 85.0 Å². The molecule has 3 aliphatic heterocycles. The summed E-state index contributed by atoms with van der Waals surface area (Å²) in [5.74, 6) is -0.994. The van der Waals surface area contributed by atoms with Gasteiger partial charge in [-0.1, -0.05) is 0 Å². The number of fused-ring (bicyclic) bond motifs is 1. The van der Waals surface area contributed by atoms with E-state index in [9.17, 15) is 24.0 Å². The molecule has 1 aromatic carbocycles. The van der Waals surface area contributed by atoms with E-state index in [0.29, 0.717) is 37.6 Å². The van der Waals surface area contributed by atoms with Gasteiger partial charge >= 0.3 is 6.09 Å². The van der Waals surface area contributed by atoms with Crippen molar-refractivity contribution >= 4 is 29.3 Å². The second kappa shape index (κ2) is 8.31. The largest absolute Gasteiger partial charge is 0.756 e. The molecule has 3 amide bonds. The lowest BCUT2D eigenvalue weighted by Gasteiger charge is -2.28. The number of nitrogens with zero attached hydrogens (tertiary/aromatic N) is 4. The Kier molecular flexibility index (Phi) is 5.71. The number of rotatable bonds is 5. The molecule has 0 aromatic heterocycles. The molecule has 3 fully saturated rings. The van der Waals surface area contributed by atoms with Crippen molar-refractivity contribution in [2.45, 2.75) is 13.0 Å². The summed E-state index contributed by atoms with van der Waals surface area (Å²) < 4.78 is 20.0. The zero-order chi connectivity index (χ0) is 22.3. The molecular formula is C20H24FN4O6-. The van der Waals surface area contributed by atoms with E-state index in [0.717, 1.165) is 6.92 Å². The molecule has 3 aliphatic rings. The average Bonchev–Trinajstić information content (AvgIpc) is 3.40. The second-order valence-electron chi connectivity index (χ2n) is 8.21. The number of carbonyl (C=O) groups is 3. The van der Waals surface area contributed by atoms with E-state index in [1.165, 1.54) is 11.0 Å². The third kappa shape index (κ3) is 4.15. The molecule has 0 saturated carbocycles. The highest BCUT2D eigenvalue weighted by Crippen LogP contribution is 2.36. The molecule has 31 heavy (non-hydrogen) atoms. The molecule has 0 radical (unpaired) electrons. The van der Waals surface area contributed by atoms with E-state index in [-0.39, 0.29) is 35.9 Å². The van der Waals surface area contributed by atoms with Crippen LogP contribution in [-0.2, 0) is 14.3 Å². The Labute approximate surface area is 178 Å². The molecule has 0 bridgehead atoms. The predicted molar refractivity (Wildman–Crippen MR) is 108 cm³/mol. The van der Waals surface area contributed by atoms with Gasteiger partial charge in [0.05, 0.1) is 17.9 Å². The normalized spacial score (nSPS) is 25.1. The Morgan fingerprint density at radius 1 is 1.23 bits per heavy atom. The Hall–Kier alpha value is -2.92. The van der Waals surface area contributed by atoms with E-state index in [1.807, 2.05) is 4.90 Å². The Morgan fingerprint density at radius 2 is 1.90 bits per heavy atom. The van der Waals surface area contributed by atoms with Gasteiger partial charge < -0.3 is 29.9 Å². The summed E-state index contributed by atoms with van der Waals surface area (Å²) in [6.45, 7) is 2.72. The summed E-state index contributed by atoms with van der Waals surface area (Å²) in [5, 5.41) is 20.8. The number of aliphatic hydroxyl groups excluding tert-OH is 1. The number of hydrogen-bond acceptors (Lipinski definition) is 7. The number of amides is 3. The standard InChI is InChI=1S/C20H24FN4O6/c1-12(27)25(30)10-16-9-24(20(29)31-16)15-2-3-18(17(21)4-15)22-5-13-7-23(19(28)11-26)8-14(13)6-22/h2-4,13-14,16,26H,5-11H2,1H3/q-1/t13?,14?,16-/m0/s1. The van der Waals surface area contributed by atoms with Crippen LogP contribution in [0.1, 0.15) is 6.92 Å². The van der Waals surface area contributed by atoms with Crippen LogP contribution >= 0.6 is 0 Å². The summed E-state index contributed by atoms with van der Waals surface area (Å²) in [6, 6.07) is 4.49. The van der Waals surface area contributed by atoms with Crippen LogP contribution in [0.2, 0.25) is 0 Å². The third-order valence-electron chi connectivity index (χ3n) is 6.15. The molecule has 0 spiro atoms. The Bertz CT molecular complexity index is 884. The van der Waals surface area contributed by atoms with Gasteiger partial charge in [-0.15, -0.1) is 0 Å². The van der Waals surface area contributed by atoms with Crippen LogP contribution < -0.4 is 9.80 Å². The highest BCUT2D eigenvalue weighted by Gasteiger charge is 2.42. The first-order valence-electron chi connectivity index (χ1n) is 10.1. The molecule has 0 aliphatic carbocycles. The van der Waals surface area contributed by atoms with Gasteiger partial charge in [0.1, 0.15) is 18.5 Å². The quantitative estimate of drug-likeness (QED) is 0.665. The fourth-order valence-corrected chi connectivity index (χ4v) is 4.55. The number of anilines is 2. The fourth-order valence-electron chi connectivity index (χ4n) is 4.55. The predicted octanol–water partition coefficient (Wildman–Crippen LogP) is 0.384. The highest BCUT2D eigenvalue weighted by atomic mass is 19.1. The molecule has 4 rings (SSSR count). The van der Waals surface area contributed by atoms with Crippen molar-refractivity contribution in [1.82, 2.24) is 9.96 Å². The SMILES string of the molecule is CC(=O)N([O-])C[C@@H]1CN(c2ccc(N3CC4CN(C(=O)CO)CC4C3)c(F)c2)C(=O)O1. The van der Waals surface area contributed by atoms with Crippen LogP contribution in [0.4, 0.5) is 20.6 Å². The van der Waals surface area contributed by atoms with Crippen LogP contribution in [0.25, 0.3) is 0 Å². The van der Waals surface area contributed by atoms with Gasteiger partial charge in [0.15, 0.2) is 0 Å². The van der Waals surface area contributed by atoms with Crippen LogP contribution in [0.15, 0.2) is 18.2 Å². The number of benzene rings is 1. The van der Waals surface area contributed by atoms with Crippen LogP contribution in [0.5, 0.6) is 0 Å². The molecule has 10 nitrogen and oxygen atoms in total. The summed E-state index contributed by atoms with van der Waals surface area (Å²) in [6.07, 6.45) is -1.47. The molecule has 3 atom stereocenters. The molecule has 11 heteroatoms. The number of cyclic esters (lactones) is 1. The lowest BCUT2D eigenvalue weighted by Crippen LogP contribution is -2.35. The Balaban J connectivity index is 1.40. The van der Waals surface area contributed by atoms with Gasteiger partial charge in [-0.2, -0.15) is 0 Å². The summed E-state index contributed by atoms with van der Waals surface area (Å²) in [5.41, 5.74) is 0.734. The molecule has 2 unspecified atom stereocenters. The average molecular weight is 435 g/mol. The minimum absolute atomic E-state index is 0.0478. The molecule has 3 heterocycles. The number of hydrogen-bond donors (Lipinski definition) is 1. The number of likely N-dealkylation sites (tertiary alicyclic amines) is 1. The lowest BCUT2D eigenvalue weighted by molar-refractivity contribution is -0.133. The van der Waals surface area contributed by atoms with E-state index in [4.69, 9.17) is 9.84 Å². The number of carbonyl (C=O) groups excluding carboxylic acids is 3. The van der Waals surface area contributed by atoms with Gasteiger partial charge in [-0.3, -0.25) is 14.5 Å². The van der Waals surface area contributed by atoms with Crippen molar-refractivity contribution in [3.05, 3.63) is 29.2 Å². The zero-order valence-electron chi connectivity index (χ0n) is 17.1. The van der Waals surface area contributed by atoms with Crippen LogP contribution in [0, 0.1) is 22.9 Å². The molecular weight excluding hydrogens is 411 g/mol. The minimum Gasteiger partial charge on any atom is -0.756 e.